The summed E-state index contributed by atoms with van der Waals surface area (Å²) in [6.45, 7) is 2.28. The van der Waals surface area contributed by atoms with Crippen LogP contribution in [0.5, 0.6) is 0 Å². The molecule has 2 rings (SSSR count). The molecule has 1 atom stereocenters. The number of carboxylic acids is 1. The van der Waals surface area contributed by atoms with Crippen molar-refractivity contribution in [2.75, 3.05) is 19.6 Å². The predicted molar refractivity (Wildman–Crippen MR) is 98.5 cm³/mol. The average molecular weight is 356 g/mol. The molecule has 2 aromatic carbocycles. The van der Waals surface area contributed by atoms with E-state index in [4.69, 9.17) is 5.11 Å². The molecule has 3 N–H and O–H groups in total. The molecule has 0 aliphatic carbocycles. The summed E-state index contributed by atoms with van der Waals surface area (Å²) in [6, 6.07) is 17.2. The number of rotatable bonds is 9. The Hall–Kier alpha value is -2.70. The van der Waals surface area contributed by atoms with Crippen molar-refractivity contribution < 1.29 is 19.8 Å². The fourth-order valence-electron chi connectivity index (χ4n) is 2.69. The highest BCUT2D eigenvalue weighted by atomic mass is 16.4. The number of carboxylic acid groups (broad SMARTS) is 1. The van der Waals surface area contributed by atoms with Crippen molar-refractivity contribution in [2.45, 2.75) is 19.6 Å². The molecular weight excluding hydrogens is 332 g/mol. The van der Waals surface area contributed by atoms with Crippen LogP contribution in [0.25, 0.3) is 0 Å². The smallest absolute Gasteiger partial charge is 0.322 e. The van der Waals surface area contributed by atoms with Crippen LogP contribution in [0, 0.1) is 6.92 Å². The molecule has 0 bridgehead atoms. The lowest BCUT2D eigenvalue weighted by atomic mass is 10.1. The second kappa shape index (κ2) is 9.70. The van der Waals surface area contributed by atoms with E-state index >= 15 is 0 Å². The second-order valence-corrected chi connectivity index (χ2v) is 6.26. The van der Waals surface area contributed by atoms with Crippen LogP contribution in [-0.4, -0.2) is 46.6 Å². The molecule has 0 fully saturated rings. The third kappa shape index (κ3) is 6.66. The van der Waals surface area contributed by atoms with Crippen LogP contribution in [0.4, 0.5) is 0 Å². The Morgan fingerprint density at radius 1 is 1.12 bits per heavy atom. The highest BCUT2D eigenvalue weighted by molar-refractivity contribution is 5.82. The van der Waals surface area contributed by atoms with E-state index in [9.17, 15) is 14.7 Å². The van der Waals surface area contributed by atoms with Crippen molar-refractivity contribution in [1.82, 2.24) is 10.2 Å². The number of nitrogens with one attached hydrogen (secondary N) is 1. The van der Waals surface area contributed by atoms with Crippen molar-refractivity contribution in [3.05, 3.63) is 71.3 Å². The van der Waals surface area contributed by atoms with E-state index in [1.807, 2.05) is 61.5 Å². The quantitative estimate of drug-likeness (QED) is 0.637. The molecule has 0 saturated heterocycles. The minimum atomic E-state index is -1.09. The lowest BCUT2D eigenvalue weighted by Crippen LogP contribution is -2.40. The summed E-state index contributed by atoms with van der Waals surface area (Å²) in [7, 11) is 0. The van der Waals surface area contributed by atoms with Crippen LogP contribution in [-0.2, 0) is 16.1 Å². The molecule has 26 heavy (non-hydrogen) atoms. The average Bonchev–Trinajstić information content (AvgIpc) is 2.60. The number of carbonyl (C=O) groups is 2. The van der Waals surface area contributed by atoms with Gasteiger partial charge in [-0.15, -0.1) is 0 Å². The summed E-state index contributed by atoms with van der Waals surface area (Å²) in [6.07, 6.45) is -0.745. The SMILES string of the molecule is Cc1cccc(C(O)CN(CC(=O)NCC(=O)O)Cc2ccccc2)c1. The van der Waals surface area contributed by atoms with Gasteiger partial charge in [-0.05, 0) is 18.1 Å². The zero-order valence-electron chi connectivity index (χ0n) is 14.8. The van der Waals surface area contributed by atoms with Crippen molar-refractivity contribution in [2.24, 2.45) is 0 Å². The van der Waals surface area contributed by atoms with E-state index in [1.54, 1.807) is 4.90 Å². The molecule has 138 valence electrons. The number of aliphatic carboxylic acids is 1. The molecule has 2 aromatic rings. The van der Waals surface area contributed by atoms with E-state index in [0.717, 1.165) is 16.7 Å². The Kier molecular flexibility index (Phi) is 7.32. The van der Waals surface area contributed by atoms with E-state index < -0.39 is 18.6 Å². The summed E-state index contributed by atoms with van der Waals surface area (Å²) in [5.41, 5.74) is 2.85. The number of benzene rings is 2. The molecule has 1 amide bonds. The first-order valence-corrected chi connectivity index (χ1v) is 8.43. The van der Waals surface area contributed by atoms with Gasteiger partial charge in [0.1, 0.15) is 6.54 Å². The maximum absolute atomic E-state index is 12.0. The predicted octanol–water partition coefficient (Wildman–Crippen LogP) is 1.73. The van der Waals surface area contributed by atoms with Gasteiger partial charge in [0.25, 0.3) is 0 Å². The van der Waals surface area contributed by atoms with E-state index in [-0.39, 0.29) is 19.0 Å². The first-order valence-electron chi connectivity index (χ1n) is 8.43. The van der Waals surface area contributed by atoms with Gasteiger partial charge in [-0.3, -0.25) is 14.5 Å². The zero-order valence-corrected chi connectivity index (χ0v) is 14.8. The number of aryl methyl sites for hydroxylation is 1. The number of hydrogen-bond acceptors (Lipinski definition) is 4. The Morgan fingerprint density at radius 2 is 1.85 bits per heavy atom. The number of aliphatic hydroxyl groups excluding tert-OH is 1. The molecule has 0 saturated carbocycles. The molecule has 0 aromatic heterocycles. The fraction of sp³-hybridized carbons (Fsp3) is 0.300. The van der Waals surface area contributed by atoms with E-state index in [0.29, 0.717) is 6.54 Å². The van der Waals surface area contributed by atoms with Gasteiger partial charge in [0.15, 0.2) is 0 Å². The van der Waals surface area contributed by atoms with Crippen LogP contribution >= 0.6 is 0 Å². The van der Waals surface area contributed by atoms with Gasteiger partial charge in [0.05, 0.1) is 12.6 Å². The molecule has 0 radical (unpaired) electrons. The van der Waals surface area contributed by atoms with E-state index in [2.05, 4.69) is 5.32 Å². The summed E-state index contributed by atoms with van der Waals surface area (Å²) in [5.74, 6) is -1.48. The largest absolute Gasteiger partial charge is 0.480 e. The Labute approximate surface area is 153 Å². The van der Waals surface area contributed by atoms with Crippen molar-refractivity contribution >= 4 is 11.9 Å². The van der Waals surface area contributed by atoms with Crippen molar-refractivity contribution in [3.8, 4) is 0 Å². The summed E-state index contributed by atoms with van der Waals surface area (Å²) in [4.78, 5) is 24.4. The van der Waals surface area contributed by atoms with Crippen LogP contribution in [0.2, 0.25) is 0 Å². The zero-order chi connectivity index (χ0) is 18.9. The molecule has 0 aliphatic rings. The van der Waals surface area contributed by atoms with Crippen LogP contribution < -0.4 is 5.32 Å². The molecular formula is C20H24N2O4. The molecule has 0 spiro atoms. The molecule has 6 heteroatoms. The Morgan fingerprint density at radius 3 is 2.50 bits per heavy atom. The molecule has 0 heterocycles. The normalized spacial score (nSPS) is 12.0. The van der Waals surface area contributed by atoms with Gasteiger partial charge in [-0.25, -0.2) is 0 Å². The van der Waals surface area contributed by atoms with Crippen molar-refractivity contribution in [3.63, 3.8) is 0 Å². The first-order chi connectivity index (χ1) is 12.4. The van der Waals surface area contributed by atoms with Gasteiger partial charge in [0, 0.05) is 13.1 Å². The van der Waals surface area contributed by atoms with Crippen LogP contribution in [0.15, 0.2) is 54.6 Å². The molecule has 0 aliphatic heterocycles. The second-order valence-electron chi connectivity index (χ2n) is 6.26. The maximum atomic E-state index is 12.0. The van der Waals surface area contributed by atoms with Gasteiger partial charge >= 0.3 is 5.97 Å². The van der Waals surface area contributed by atoms with Gasteiger partial charge in [-0.2, -0.15) is 0 Å². The monoisotopic (exact) mass is 356 g/mol. The van der Waals surface area contributed by atoms with Crippen LogP contribution in [0.3, 0.4) is 0 Å². The van der Waals surface area contributed by atoms with Crippen molar-refractivity contribution in [1.29, 1.82) is 0 Å². The minimum Gasteiger partial charge on any atom is -0.480 e. The number of nitrogens with zero attached hydrogens (tertiary/aromatic N) is 1. The molecule has 6 nitrogen and oxygen atoms in total. The highest BCUT2D eigenvalue weighted by Crippen LogP contribution is 2.17. The Balaban J connectivity index is 2.06. The van der Waals surface area contributed by atoms with Gasteiger partial charge in [0.2, 0.25) is 5.91 Å². The number of carbonyl (C=O) groups excluding carboxylic acids is 1. The Bertz CT molecular complexity index is 734. The number of hydrogen-bond donors (Lipinski definition) is 3. The van der Waals surface area contributed by atoms with Gasteiger partial charge < -0.3 is 15.5 Å². The minimum absolute atomic E-state index is 0.00501. The molecule has 1 unspecified atom stereocenters. The topological polar surface area (TPSA) is 89.9 Å². The highest BCUT2D eigenvalue weighted by Gasteiger charge is 2.17. The lowest BCUT2D eigenvalue weighted by Gasteiger charge is -2.25. The fourth-order valence-corrected chi connectivity index (χ4v) is 2.69. The lowest BCUT2D eigenvalue weighted by molar-refractivity contribution is -0.138. The number of amides is 1. The number of aliphatic hydroxyl groups is 1. The standard InChI is InChI=1S/C20H24N2O4/c1-15-6-5-9-17(10-15)18(23)13-22(12-16-7-3-2-4-8-16)14-19(24)21-11-20(25)26/h2-10,18,23H,11-14H2,1H3,(H,21,24)(H,25,26). The van der Waals surface area contributed by atoms with E-state index in [1.165, 1.54) is 0 Å². The maximum Gasteiger partial charge on any atom is 0.322 e. The van der Waals surface area contributed by atoms with Crippen LogP contribution in [0.1, 0.15) is 22.8 Å². The summed E-state index contributed by atoms with van der Waals surface area (Å²) in [5, 5.41) is 21.6. The summed E-state index contributed by atoms with van der Waals surface area (Å²) < 4.78 is 0. The third-order valence-corrected chi connectivity index (χ3v) is 3.91. The summed E-state index contributed by atoms with van der Waals surface area (Å²) >= 11 is 0. The first kappa shape index (κ1) is 19.6. The van der Waals surface area contributed by atoms with Gasteiger partial charge in [-0.1, -0.05) is 60.2 Å². The third-order valence-electron chi connectivity index (χ3n) is 3.91.